The van der Waals surface area contributed by atoms with Gasteiger partial charge in [-0.15, -0.1) is 0 Å². The van der Waals surface area contributed by atoms with Crippen molar-refractivity contribution in [2.24, 2.45) is 7.05 Å². The van der Waals surface area contributed by atoms with E-state index in [1.807, 2.05) is 61.5 Å². The largest absolute Gasteiger partial charge is 0.438 e. The van der Waals surface area contributed by atoms with Crippen LogP contribution in [0, 0.1) is 0 Å². The van der Waals surface area contributed by atoms with Crippen molar-refractivity contribution in [2.45, 2.75) is 50.9 Å². The van der Waals surface area contributed by atoms with Crippen molar-refractivity contribution in [2.75, 3.05) is 6.54 Å². The minimum atomic E-state index is -0.991. The summed E-state index contributed by atoms with van der Waals surface area (Å²) in [4.78, 5) is 30.8. The van der Waals surface area contributed by atoms with Gasteiger partial charge < -0.3 is 19.3 Å². The lowest BCUT2D eigenvalue weighted by atomic mass is 9.80. The molecule has 0 spiro atoms. The van der Waals surface area contributed by atoms with E-state index in [-0.39, 0.29) is 11.6 Å². The molecule has 178 valence electrons. The van der Waals surface area contributed by atoms with E-state index in [2.05, 4.69) is 4.98 Å². The van der Waals surface area contributed by atoms with E-state index in [0.29, 0.717) is 25.1 Å². The Labute approximate surface area is 199 Å². The molecule has 7 heteroatoms. The molecule has 1 saturated heterocycles. The van der Waals surface area contributed by atoms with Crippen LogP contribution in [0.4, 0.5) is 4.79 Å². The molecule has 2 heterocycles. The molecule has 1 aliphatic rings. The molecule has 0 saturated carbocycles. The van der Waals surface area contributed by atoms with E-state index >= 15 is 0 Å². The van der Waals surface area contributed by atoms with Crippen LogP contribution < -0.4 is 5.56 Å². The molecule has 3 aromatic rings. The van der Waals surface area contributed by atoms with E-state index in [0.717, 1.165) is 16.7 Å². The number of cyclic esters (lactones) is 1. The molecule has 0 bridgehead atoms. The average Bonchev–Trinajstić information content (AvgIpc) is 2.80. The Balaban J connectivity index is 1.54. The highest BCUT2D eigenvalue weighted by Crippen LogP contribution is 2.42. The van der Waals surface area contributed by atoms with Crippen LogP contribution in [0.25, 0.3) is 11.3 Å². The number of aromatic nitrogens is 2. The summed E-state index contributed by atoms with van der Waals surface area (Å²) >= 11 is 0. The number of benzene rings is 2. The van der Waals surface area contributed by atoms with Gasteiger partial charge in [-0.1, -0.05) is 54.6 Å². The third-order valence-corrected chi connectivity index (χ3v) is 6.43. The van der Waals surface area contributed by atoms with E-state index in [4.69, 9.17) is 4.74 Å². The highest BCUT2D eigenvalue weighted by atomic mass is 16.6. The van der Waals surface area contributed by atoms with Gasteiger partial charge in [0.1, 0.15) is 5.60 Å². The molecule has 2 atom stereocenters. The summed E-state index contributed by atoms with van der Waals surface area (Å²) in [7, 11) is 1.69. The fraction of sp³-hybridized carbons (Fsp3) is 0.370. The van der Waals surface area contributed by atoms with Gasteiger partial charge >= 0.3 is 6.09 Å². The molecule has 7 nitrogen and oxygen atoms in total. The first-order valence-electron chi connectivity index (χ1n) is 11.5. The zero-order chi connectivity index (χ0) is 24.5. The van der Waals surface area contributed by atoms with E-state index < -0.39 is 17.3 Å². The van der Waals surface area contributed by atoms with Gasteiger partial charge in [-0.25, -0.2) is 9.78 Å². The van der Waals surface area contributed by atoms with Crippen LogP contribution in [0.1, 0.15) is 50.8 Å². The quantitative estimate of drug-likeness (QED) is 0.588. The van der Waals surface area contributed by atoms with Gasteiger partial charge in [0.15, 0.2) is 0 Å². The summed E-state index contributed by atoms with van der Waals surface area (Å²) in [6.07, 6.45) is 3.52. The Hall–Kier alpha value is -3.45. The minimum absolute atomic E-state index is 0.159. The van der Waals surface area contributed by atoms with Gasteiger partial charge in [-0.05, 0) is 31.9 Å². The van der Waals surface area contributed by atoms with Crippen LogP contribution in [0.3, 0.4) is 0 Å². The number of aliphatic hydroxyl groups is 1. The van der Waals surface area contributed by atoms with Crippen LogP contribution in [0.5, 0.6) is 0 Å². The van der Waals surface area contributed by atoms with Gasteiger partial charge in [0.25, 0.3) is 5.56 Å². The summed E-state index contributed by atoms with van der Waals surface area (Å²) in [6.45, 7) is 5.96. The maximum Gasteiger partial charge on any atom is 0.411 e. The van der Waals surface area contributed by atoms with Crippen LogP contribution in [-0.4, -0.2) is 37.8 Å². The third-order valence-electron chi connectivity index (χ3n) is 6.43. The smallest absolute Gasteiger partial charge is 0.411 e. The monoisotopic (exact) mass is 461 g/mol. The Kier molecular flexibility index (Phi) is 6.32. The van der Waals surface area contributed by atoms with Crippen molar-refractivity contribution in [3.8, 4) is 11.3 Å². The van der Waals surface area contributed by atoms with Crippen LogP contribution in [0.2, 0.25) is 0 Å². The lowest BCUT2D eigenvalue weighted by Gasteiger charge is -2.45. The maximum absolute atomic E-state index is 13.2. The first kappa shape index (κ1) is 23.7. The number of hydrogen-bond donors (Lipinski definition) is 1. The molecule has 4 rings (SSSR count). The number of amides is 1. The Bertz CT molecular complexity index is 1220. The zero-order valence-electron chi connectivity index (χ0n) is 20.1. The predicted molar refractivity (Wildman–Crippen MR) is 130 cm³/mol. The van der Waals surface area contributed by atoms with Gasteiger partial charge in [0.2, 0.25) is 0 Å². The molecule has 1 aromatic heterocycles. The maximum atomic E-state index is 13.2. The highest BCUT2D eigenvalue weighted by molar-refractivity contribution is 5.70. The van der Waals surface area contributed by atoms with E-state index in [1.165, 1.54) is 10.8 Å². The number of rotatable bonds is 6. The van der Waals surface area contributed by atoms with Gasteiger partial charge in [-0.2, -0.15) is 0 Å². The normalized spacial score (nSPS) is 19.6. The topological polar surface area (TPSA) is 84.7 Å². The van der Waals surface area contributed by atoms with Crippen molar-refractivity contribution in [3.63, 3.8) is 0 Å². The van der Waals surface area contributed by atoms with Crippen molar-refractivity contribution in [1.29, 1.82) is 0 Å². The molecule has 0 aliphatic carbocycles. The first-order chi connectivity index (χ1) is 16.1. The molecule has 0 radical (unpaired) electrons. The Morgan fingerprint density at radius 1 is 1.12 bits per heavy atom. The SMILES string of the molecule is C[C@@H](c1ccc(-c2cn(C)c(=O)cn2)cc1)N1CC[C@](CC(C)(C)O)(c2ccccc2)OC1=O. The number of ether oxygens (including phenoxy) is 1. The Morgan fingerprint density at radius 3 is 2.38 bits per heavy atom. The third kappa shape index (κ3) is 4.89. The number of hydrogen-bond acceptors (Lipinski definition) is 5. The molecule has 0 unspecified atom stereocenters. The van der Waals surface area contributed by atoms with Crippen molar-refractivity contribution in [3.05, 3.63) is 88.5 Å². The number of carbonyl (C=O) groups excluding carboxylic acids is 1. The summed E-state index contributed by atoms with van der Waals surface area (Å²) in [5.41, 5.74) is 1.44. The summed E-state index contributed by atoms with van der Waals surface area (Å²) in [5.74, 6) is 0. The van der Waals surface area contributed by atoms with Crippen LogP contribution in [-0.2, 0) is 17.4 Å². The number of nitrogens with zero attached hydrogens (tertiary/aromatic N) is 3. The van der Waals surface area contributed by atoms with Crippen LogP contribution in [0.15, 0.2) is 71.8 Å². The molecule has 1 fully saturated rings. The molecular formula is C27H31N3O4. The fourth-order valence-electron chi connectivity index (χ4n) is 4.65. The second kappa shape index (κ2) is 9.06. The van der Waals surface area contributed by atoms with E-state index in [9.17, 15) is 14.7 Å². The van der Waals surface area contributed by atoms with Crippen molar-refractivity contribution >= 4 is 6.09 Å². The van der Waals surface area contributed by atoms with Crippen molar-refractivity contribution in [1.82, 2.24) is 14.5 Å². The van der Waals surface area contributed by atoms with Crippen molar-refractivity contribution < 1.29 is 14.6 Å². The first-order valence-corrected chi connectivity index (χ1v) is 11.5. The van der Waals surface area contributed by atoms with Gasteiger partial charge in [0.05, 0.1) is 23.5 Å². The number of aryl methyl sites for hydroxylation is 1. The molecule has 1 N–H and O–H groups in total. The predicted octanol–water partition coefficient (Wildman–Crippen LogP) is 4.41. The molecule has 2 aromatic carbocycles. The van der Waals surface area contributed by atoms with E-state index in [1.54, 1.807) is 32.0 Å². The molecule has 34 heavy (non-hydrogen) atoms. The zero-order valence-corrected chi connectivity index (χ0v) is 20.1. The lowest BCUT2D eigenvalue weighted by Crippen LogP contribution is -2.51. The van der Waals surface area contributed by atoms with Gasteiger partial charge in [0, 0.05) is 38.2 Å². The summed E-state index contributed by atoms with van der Waals surface area (Å²) in [6, 6.07) is 17.3. The second-order valence-corrected chi connectivity index (χ2v) is 9.68. The number of carbonyl (C=O) groups is 1. The summed E-state index contributed by atoms with van der Waals surface area (Å²) in [5, 5.41) is 10.6. The minimum Gasteiger partial charge on any atom is -0.438 e. The summed E-state index contributed by atoms with van der Waals surface area (Å²) < 4.78 is 7.59. The van der Waals surface area contributed by atoms with Crippen LogP contribution >= 0.6 is 0 Å². The lowest BCUT2D eigenvalue weighted by molar-refractivity contribution is -0.101. The molecular weight excluding hydrogens is 430 g/mol. The fourth-order valence-corrected chi connectivity index (χ4v) is 4.65. The van der Waals surface area contributed by atoms with Gasteiger partial charge in [-0.3, -0.25) is 4.79 Å². The Morgan fingerprint density at radius 2 is 1.79 bits per heavy atom. The molecule has 1 amide bonds. The highest BCUT2D eigenvalue weighted by Gasteiger charge is 2.46. The standard InChI is InChI=1S/C27H31N3O4/c1-19(20-10-12-21(13-11-20)23-17-29(4)24(31)16-28-23)30-15-14-27(34-25(30)32,18-26(2,3)33)22-8-6-5-7-9-22/h5-13,16-17,19,33H,14-15,18H2,1-4H3/t19-,27-/m0/s1. The second-order valence-electron chi connectivity index (χ2n) is 9.68. The molecule has 1 aliphatic heterocycles. The average molecular weight is 462 g/mol.